The Morgan fingerprint density at radius 1 is 1.05 bits per heavy atom. The number of ether oxygens (including phenoxy) is 4. The number of nitrogens with zero attached hydrogens (tertiary/aromatic N) is 3. The number of aryl methyl sites for hydroxylation is 1. The van der Waals surface area contributed by atoms with Crippen molar-refractivity contribution >= 4 is 49.0 Å². The highest BCUT2D eigenvalue weighted by molar-refractivity contribution is 9.10. The van der Waals surface area contributed by atoms with Crippen LogP contribution < -0.4 is 24.5 Å². The SMILES string of the molecule is CCCCc1nc2ccc(Br)cc2c(=O)n1N=Cc1cc(Br)c(OCc2ccc3c(c2)OCO3)c(OCC)c1. The first kappa shape index (κ1) is 27.2. The van der Waals surface area contributed by atoms with Gasteiger partial charge >= 0.3 is 0 Å². The summed E-state index contributed by atoms with van der Waals surface area (Å²) in [6.45, 7) is 5.01. The molecule has 0 spiro atoms. The van der Waals surface area contributed by atoms with Gasteiger partial charge in [0.25, 0.3) is 5.56 Å². The molecule has 1 aliphatic heterocycles. The summed E-state index contributed by atoms with van der Waals surface area (Å²) in [6, 6.07) is 14.9. The first-order valence-electron chi connectivity index (χ1n) is 12.7. The van der Waals surface area contributed by atoms with Crippen molar-refractivity contribution in [3.8, 4) is 23.0 Å². The molecule has 5 rings (SSSR count). The molecule has 0 N–H and O–H groups in total. The van der Waals surface area contributed by atoms with Crippen molar-refractivity contribution in [2.45, 2.75) is 39.7 Å². The second kappa shape index (κ2) is 12.2. The van der Waals surface area contributed by atoms with Crippen LogP contribution in [0.1, 0.15) is 43.6 Å². The van der Waals surface area contributed by atoms with E-state index >= 15 is 0 Å². The summed E-state index contributed by atoms with van der Waals surface area (Å²) >= 11 is 7.07. The van der Waals surface area contributed by atoms with Gasteiger partial charge in [0.15, 0.2) is 23.0 Å². The van der Waals surface area contributed by atoms with Crippen LogP contribution in [0.2, 0.25) is 0 Å². The maximum atomic E-state index is 13.4. The van der Waals surface area contributed by atoms with Crippen LogP contribution >= 0.6 is 31.9 Å². The highest BCUT2D eigenvalue weighted by Crippen LogP contribution is 2.38. The van der Waals surface area contributed by atoms with Gasteiger partial charge in [-0.3, -0.25) is 4.79 Å². The van der Waals surface area contributed by atoms with Gasteiger partial charge in [-0.15, -0.1) is 0 Å². The zero-order valence-corrected chi connectivity index (χ0v) is 24.7. The molecule has 2 heterocycles. The number of halogens is 2. The molecule has 202 valence electrons. The average molecular weight is 657 g/mol. The third kappa shape index (κ3) is 6.12. The molecule has 0 radical (unpaired) electrons. The number of benzene rings is 3. The number of unbranched alkanes of at least 4 members (excludes halogenated alkanes) is 1. The molecule has 1 aliphatic rings. The van der Waals surface area contributed by atoms with Gasteiger partial charge in [-0.1, -0.05) is 35.3 Å². The minimum atomic E-state index is -0.212. The fourth-order valence-electron chi connectivity index (χ4n) is 4.19. The third-order valence-corrected chi connectivity index (χ3v) is 7.19. The van der Waals surface area contributed by atoms with Gasteiger partial charge in [0.1, 0.15) is 12.4 Å². The monoisotopic (exact) mass is 655 g/mol. The summed E-state index contributed by atoms with van der Waals surface area (Å²) in [6.07, 6.45) is 4.17. The molecule has 10 heteroatoms. The molecule has 0 amide bonds. The van der Waals surface area contributed by atoms with E-state index in [0.29, 0.717) is 58.1 Å². The molecular weight excluding hydrogens is 630 g/mol. The lowest BCUT2D eigenvalue weighted by Gasteiger charge is -2.15. The number of rotatable bonds is 10. The lowest BCUT2D eigenvalue weighted by Crippen LogP contribution is -2.22. The maximum Gasteiger partial charge on any atom is 0.282 e. The Morgan fingerprint density at radius 3 is 2.72 bits per heavy atom. The van der Waals surface area contributed by atoms with Crippen molar-refractivity contribution in [1.82, 2.24) is 9.66 Å². The van der Waals surface area contributed by atoms with Crippen LogP contribution in [0.5, 0.6) is 23.0 Å². The van der Waals surface area contributed by atoms with Crippen molar-refractivity contribution < 1.29 is 18.9 Å². The quantitative estimate of drug-likeness (QED) is 0.174. The van der Waals surface area contributed by atoms with Crippen LogP contribution in [0.4, 0.5) is 0 Å². The molecule has 39 heavy (non-hydrogen) atoms. The first-order chi connectivity index (χ1) is 19.0. The molecule has 1 aromatic heterocycles. The van der Waals surface area contributed by atoms with Crippen molar-refractivity contribution in [3.63, 3.8) is 0 Å². The highest BCUT2D eigenvalue weighted by atomic mass is 79.9. The molecule has 3 aromatic carbocycles. The van der Waals surface area contributed by atoms with E-state index in [1.807, 2.05) is 49.4 Å². The van der Waals surface area contributed by atoms with E-state index in [9.17, 15) is 4.79 Å². The lowest BCUT2D eigenvalue weighted by molar-refractivity contribution is 0.174. The van der Waals surface area contributed by atoms with Crippen LogP contribution in [0.3, 0.4) is 0 Å². The number of hydrogen-bond acceptors (Lipinski definition) is 7. The van der Waals surface area contributed by atoms with Crippen LogP contribution in [-0.2, 0) is 13.0 Å². The van der Waals surface area contributed by atoms with Gasteiger partial charge in [-0.2, -0.15) is 9.78 Å². The normalized spacial score (nSPS) is 12.4. The largest absolute Gasteiger partial charge is 0.490 e. The molecule has 0 atom stereocenters. The molecule has 0 unspecified atom stereocenters. The minimum Gasteiger partial charge on any atom is -0.490 e. The Labute approximate surface area is 242 Å². The maximum absolute atomic E-state index is 13.4. The molecular formula is C29H27Br2N3O5. The standard InChI is InChI=1S/C29H27Br2N3O5/c1-3-5-6-27-33-23-9-8-20(30)14-21(23)29(35)34(27)32-15-19-11-22(31)28(26(13-19)36-4-2)37-16-18-7-10-24-25(12-18)39-17-38-24/h7-15H,3-6,16-17H2,1-2H3. The average Bonchev–Trinajstić information content (AvgIpc) is 3.39. The van der Waals surface area contributed by atoms with Crippen molar-refractivity contribution in [3.05, 3.63) is 84.8 Å². The predicted octanol–water partition coefficient (Wildman–Crippen LogP) is 6.85. The zero-order valence-electron chi connectivity index (χ0n) is 21.6. The smallest absolute Gasteiger partial charge is 0.282 e. The first-order valence-corrected chi connectivity index (χ1v) is 14.3. The number of hydrogen-bond donors (Lipinski definition) is 0. The van der Waals surface area contributed by atoms with Crippen LogP contribution in [0.25, 0.3) is 10.9 Å². The van der Waals surface area contributed by atoms with Gasteiger partial charge in [-0.25, -0.2) is 4.98 Å². The fourth-order valence-corrected chi connectivity index (χ4v) is 5.12. The Balaban J connectivity index is 1.45. The summed E-state index contributed by atoms with van der Waals surface area (Å²) in [4.78, 5) is 18.1. The summed E-state index contributed by atoms with van der Waals surface area (Å²) in [5, 5.41) is 5.07. The summed E-state index contributed by atoms with van der Waals surface area (Å²) in [5.41, 5.74) is 2.12. The second-order valence-electron chi connectivity index (χ2n) is 8.89. The number of fused-ring (bicyclic) bond motifs is 2. The molecule has 0 aliphatic carbocycles. The Kier molecular flexibility index (Phi) is 8.52. The van der Waals surface area contributed by atoms with Crippen molar-refractivity contribution in [1.29, 1.82) is 0 Å². The third-order valence-electron chi connectivity index (χ3n) is 6.10. The Morgan fingerprint density at radius 2 is 1.90 bits per heavy atom. The van der Waals surface area contributed by atoms with E-state index < -0.39 is 0 Å². The second-order valence-corrected chi connectivity index (χ2v) is 10.7. The van der Waals surface area contributed by atoms with Crippen molar-refractivity contribution in [2.75, 3.05) is 13.4 Å². The van der Waals surface area contributed by atoms with E-state index in [1.54, 1.807) is 12.3 Å². The van der Waals surface area contributed by atoms with Crippen molar-refractivity contribution in [2.24, 2.45) is 5.10 Å². The van der Waals surface area contributed by atoms with Crippen LogP contribution in [-0.4, -0.2) is 29.3 Å². The molecule has 4 aromatic rings. The summed E-state index contributed by atoms with van der Waals surface area (Å²) in [7, 11) is 0. The molecule has 8 nitrogen and oxygen atoms in total. The van der Waals surface area contributed by atoms with E-state index in [-0.39, 0.29) is 12.4 Å². The fraction of sp³-hybridized carbons (Fsp3) is 0.276. The molecule has 0 bridgehead atoms. The zero-order chi connectivity index (χ0) is 27.4. The minimum absolute atomic E-state index is 0.212. The van der Waals surface area contributed by atoms with E-state index in [0.717, 1.165) is 34.2 Å². The highest BCUT2D eigenvalue weighted by Gasteiger charge is 2.16. The van der Waals surface area contributed by atoms with E-state index in [1.165, 1.54) is 4.68 Å². The van der Waals surface area contributed by atoms with Gasteiger partial charge < -0.3 is 18.9 Å². The summed E-state index contributed by atoms with van der Waals surface area (Å²) in [5.74, 6) is 3.19. The lowest BCUT2D eigenvalue weighted by atomic mass is 10.2. The Bertz CT molecular complexity index is 1600. The molecule has 0 saturated heterocycles. The molecule has 0 fully saturated rings. The number of aromatic nitrogens is 2. The summed E-state index contributed by atoms with van der Waals surface area (Å²) < 4.78 is 25.8. The topological polar surface area (TPSA) is 84.2 Å². The van der Waals surface area contributed by atoms with Gasteiger partial charge in [0, 0.05) is 10.9 Å². The van der Waals surface area contributed by atoms with Gasteiger partial charge in [0.05, 0.1) is 28.2 Å². The van der Waals surface area contributed by atoms with E-state index in [2.05, 4.69) is 43.9 Å². The molecule has 0 saturated carbocycles. The van der Waals surface area contributed by atoms with Gasteiger partial charge in [0.2, 0.25) is 6.79 Å². The van der Waals surface area contributed by atoms with Crippen LogP contribution in [0.15, 0.2) is 67.4 Å². The van der Waals surface area contributed by atoms with Gasteiger partial charge in [-0.05, 0) is 82.9 Å². The van der Waals surface area contributed by atoms with E-state index in [4.69, 9.17) is 23.9 Å². The predicted molar refractivity (Wildman–Crippen MR) is 158 cm³/mol. The Hall–Kier alpha value is -3.37. The van der Waals surface area contributed by atoms with Crippen LogP contribution in [0, 0.1) is 0 Å².